The van der Waals surface area contributed by atoms with E-state index in [-0.39, 0.29) is 5.95 Å². The van der Waals surface area contributed by atoms with Gasteiger partial charge in [-0.05, 0) is 41.6 Å². The van der Waals surface area contributed by atoms with Crippen LogP contribution < -0.4 is 10.5 Å². The average molecular weight is 363 g/mol. The summed E-state index contributed by atoms with van der Waals surface area (Å²) in [6.07, 6.45) is 7.84. The lowest BCUT2D eigenvalue weighted by Gasteiger charge is -2.04. The van der Waals surface area contributed by atoms with Gasteiger partial charge in [0.25, 0.3) is 0 Å². The molecule has 4 rings (SSSR count). The quantitative estimate of drug-likeness (QED) is 0.596. The van der Waals surface area contributed by atoms with Crippen molar-refractivity contribution in [2.24, 2.45) is 0 Å². The largest absolute Gasteiger partial charge is 0.495 e. The van der Waals surface area contributed by atoms with E-state index in [1.165, 1.54) is 10.9 Å². The fourth-order valence-electron chi connectivity index (χ4n) is 2.89. The summed E-state index contributed by atoms with van der Waals surface area (Å²) in [6, 6.07) is 5.99. The third kappa shape index (κ3) is 3.09. The highest BCUT2D eigenvalue weighted by Crippen LogP contribution is 2.37. The molecule has 7 heteroatoms. The summed E-state index contributed by atoms with van der Waals surface area (Å²) in [5.74, 6) is 1.03. The molecule has 6 nitrogen and oxygen atoms in total. The SMILES string of the molecule is COc1cncc(Cc2cc3c(C)c(-c4ccnc(N)n4)sc3cn2)c1. The lowest BCUT2D eigenvalue weighted by molar-refractivity contribution is 0.412. The number of nitrogens with two attached hydrogens (primary N) is 1. The second kappa shape index (κ2) is 6.68. The lowest BCUT2D eigenvalue weighted by Crippen LogP contribution is -1.95. The number of thiophene rings is 1. The molecule has 4 heterocycles. The maximum absolute atomic E-state index is 5.73. The topological polar surface area (TPSA) is 86.8 Å². The molecule has 0 saturated heterocycles. The van der Waals surface area contributed by atoms with Gasteiger partial charge >= 0.3 is 0 Å². The van der Waals surface area contributed by atoms with Crippen molar-refractivity contribution in [1.82, 2.24) is 19.9 Å². The second-order valence-electron chi connectivity index (χ2n) is 5.94. The number of hydrogen-bond acceptors (Lipinski definition) is 7. The van der Waals surface area contributed by atoms with Crippen molar-refractivity contribution in [2.75, 3.05) is 12.8 Å². The molecule has 130 valence electrons. The number of aryl methyl sites for hydroxylation is 1. The minimum atomic E-state index is 0.281. The Hall–Kier alpha value is -3.06. The van der Waals surface area contributed by atoms with Crippen LogP contribution in [0.5, 0.6) is 5.75 Å². The highest BCUT2D eigenvalue weighted by Gasteiger charge is 2.13. The summed E-state index contributed by atoms with van der Waals surface area (Å²) in [7, 11) is 1.64. The second-order valence-corrected chi connectivity index (χ2v) is 6.99. The van der Waals surface area contributed by atoms with E-state index in [0.717, 1.165) is 32.3 Å². The first-order valence-corrected chi connectivity index (χ1v) is 8.90. The minimum absolute atomic E-state index is 0.281. The van der Waals surface area contributed by atoms with Crippen molar-refractivity contribution >= 4 is 27.4 Å². The molecule has 2 N–H and O–H groups in total. The van der Waals surface area contributed by atoms with Gasteiger partial charge in [-0.3, -0.25) is 9.97 Å². The molecule has 4 aromatic rings. The first kappa shape index (κ1) is 16.4. The Kier molecular flexibility index (Phi) is 4.22. The van der Waals surface area contributed by atoms with E-state index in [4.69, 9.17) is 10.5 Å². The molecule has 0 unspecified atom stereocenters. The van der Waals surface area contributed by atoms with Crippen LogP contribution >= 0.6 is 11.3 Å². The maximum Gasteiger partial charge on any atom is 0.220 e. The van der Waals surface area contributed by atoms with E-state index in [1.54, 1.807) is 30.8 Å². The van der Waals surface area contributed by atoms with Gasteiger partial charge in [0.05, 0.1) is 28.6 Å². The van der Waals surface area contributed by atoms with Crippen LogP contribution in [0.1, 0.15) is 16.8 Å². The standard InChI is InChI=1S/C19H17N5OS/c1-11-15-7-13(5-12-6-14(25-2)9-21-8-12)23-10-17(15)26-18(11)16-3-4-22-19(20)24-16/h3-4,6-10H,5H2,1-2H3,(H2,20,22,24). The number of aromatic nitrogens is 4. The van der Waals surface area contributed by atoms with Crippen molar-refractivity contribution in [1.29, 1.82) is 0 Å². The molecule has 26 heavy (non-hydrogen) atoms. The molecular formula is C19H17N5OS. The third-order valence-electron chi connectivity index (χ3n) is 4.18. The molecule has 0 aliphatic heterocycles. The maximum atomic E-state index is 5.73. The van der Waals surface area contributed by atoms with Crippen molar-refractivity contribution < 1.29 is 4.74 Å². The number of ether oxygens (including phenoxy) is 1. The average Bonchev–Trinajstić information content (AvgIpc) is 2.98. The van der Waals surface area contributed by atoms with E-state index in [2.05, 4.69) is 32.9 Å². The number of nitrogens with zero attached hydrogens (tertiary/aromatic N) is 4. The van der Waals surface area contributed by atoms with Gasteiger partial charge in [0, 0.05) is 30.7 Å². The van der Waals surface area contributed by atoms with Gasteiger partial charge in [0.15, 0.2) is 0 Å². The van der Waals surface area contributed by atoms with Crippen LogP contribution in [-0.2, 0) is 6.42 Å². The van der Waals surface area contributed by atoms with Crippen molar-refractivity contribution in [2.45, 2.75) is 13.3 Å². The smallest absolute Gasteiger partial charge is 0.220 e. The van der Waals surface area contributed by atoms with E-state index in [0.29, 0.717) is 6.42 Å². The Labute approximate surface area is 154 Å². The van der Waals surface area contributed by atoms with Crippen LogP contribution in [0.3, 0.4) is 0 Å². The summed E-state index contributed by atoms with van der Waals surface area (Å²) in [6.45, 7) is 2.10. The zero-order chi connectivity index (χ0) is 18.1. The van der Waals surface area contributed by atoms with Gasteiger partial charge in [-0.1, -0.05) is 0 Å². The molecule has 0 aliphatic carbocycles. The Morgan fingerprint density at radius 2 is 2.04 bits per heavy atom. The van der Waals surface area contributed by atoms with Crippen molar-refractivity contribution in [3.8, 4) is 16.3 Å². The number of anilines is 1. The molecule has 0 aromatic carbocycles. The highest BCUT2D eigenvalue weighted by atomic mass is 32.1. The zero-order valence-corrected chi connectivity index (χ0v) is 15.2. The molecule has 0 saturated carbocycles. The molecule has 0 fully saturated rings. The monoisotopic (exact) mass is 363 g/mol. The Morgan fingerprint density at radius 3 is 2.85 bits per heavy atom. The van der Waals surface area contributed by atoms with Gasteiger partial charge in [0.2, 0.25) is 5.95 Å². The van der Waals surface area contributed by atoms with E-state index < -0.39 is 0 Å². The van der Waals surface area contributed by atoms with Gasteiger partial charge < -0.3 is 10.5 Å². The van der Waals surface area contributed by atoms with Crippen LogP contribution in [-0.4, -0.2) is 27.0 Å². The fraction of sp³-hybridized carbons (Fsp3) is 0.158. The van der Waals surface area contributed by atoms with Crippen LogP contribution in [0.25, 0.3) is 20.7 Å². The van der Waals surface area contributed by atoms with Crippen LogP contribution in [0, 0.1) is 6.92 Å². The number of rotatable bonds is 4. The van der Waals surface area contributed by atoms with E-state index >= 15 is 0 Å². The normalized spacial score (nSPS) is 11.0. The van der Waals surface area contributed by atoms with Crippen LogP contribution in [0.2, 0.25) is 0 Å². The Bertz CT molecular complexity index is 1090. The highest BCUT2D eigenvalue weighted by molar-refractivity contribution is 7.22. The summed E-state index contributed by atoms with van der Waals surface area (Å²) in [4.78, 5) is 18.2. The summed E-state index contributed by atoms with van der Waals surface area (Å²) in [5.41, 5.74) is 9.80. The van der Waals surface area contributed by atoms with Crippen LogP contribution in [0.4, 0.5) is 5.95 Å². The molecule has 4 aromatic heterocycles. The molecule has 0 amide bonds. The lowest BCUT2D eigenvalue weighted by atomic mass is 10.1. The zero-order valence-electron chi connectivity index (χ0n) is 14.4. The van der Waals surface area contributed by atoms with E-state index in [1.807, 2.05) is 24.5 Å². The fourth-order valence-corrected chi connectivity index (χ4v) is 4.02. The summed E-state index contributed by atoms with van der Waals surface area (Å²) < 4.78 is 6.37. The predicted molar refractivity (Wildman–Crippen MR) is 103 cm³/mol. The molecule has 0 aliphatic rings. The van der Waals surface area contributed by atoms with Gasteiger partial charge in [0.1, 0.15) is 5.75 Å². The number of fused-ring (bicyclic) bond motifs is 1. The van der Waals surface area contributed by atoms with Gasteiger partial charge in [-0.2, -0.15) is 0 Å². The van der Waals surface area contributed by atoms with Gasteiger partial charge in [-0.25, -0.2) is 9.97 Å². The van der Waals surface area contributed by atoms with Crippen molar-refractivity contribution in [3.63, 3.8) is 0 Å². The molecular weight excluding hydrogens is 346 g/mol. The summed E-state index contributed by atoms with van der Waals surface area (Å²) in [5, 5.41) is 1.18. The minimum Gasteiger partial charge on any atom is -0.495 e. The molecule has 0 bridgehead atoms. The molecule has 0 atom stereocenters. The predicted octanol–water partition coefficient (Wildman–Crippen LogP) is 3.64. The number of pyridine rings is 2. The molecule has 0 spiro atoms. The number of nitrogen functional groups attached to an aromatic ring is 1. The first-order chi connectivity index (χ1) is 12.6. The van der Waals surface area contributed by atoms with Crippen molar-refractivity contribution in [3.05, 3.63) is 59.8 Å². The number of hydrogen-bond donors (Lipinski definition) is 1. The van der Waals surface area contributed by atoms with E-state index in [9.17, 15) is 0 Å². The van der Waals surface area contributed by atoms with Crippen LogP contribution in [0.15, 0.2) is 43.0 Å². The first-order valence-electron chi connectivity index (χ1n) is 8.09. The Balaban J connectivity index is 1.72. The summed E-state index contributed by atoms with van der Waals surface area (Å²) >= 11 is 1.67. The third-order valence-corrected chi connectivity index (χ3v) is 5.44. The molecule has 0 radical (unpaired) electrons. The van der Waals surface area contributed by atoms with Gasteiger partial charge in [-0.15, -0.1) is 11.3 Å². The number of methoxy groups -OCH3 is 1. The Morgan fingerprint density at radius 1 is 1.15 bits per heavy atom.